The minimum absolute atomic E-state index is 0. The van der Waals surface area contributed by atoms with Crippen molar-refractivity contribution >= 4 is 53.1 Å². The van der Waals surface area contributed by atoms with Crippen molar-refractivity contribution in [1.29, 1.82) is 0 Å². The number of nitrogens with two attached hydrogens (primary N) is 1. The van der Waals surface area contributed by atoms with Crippen LogP contribution < -0.4 is 16.0 Å². The largest absolute Gasteiger partial charge is 0.370 e. The van der Waals surface area contributed by atoms with Gasteiger partial charge in [0.15, 0.2) is 5.96 Å². The SMILES string of the molecule is CN=C(N)NCC(=O)N1CCN(c2ccc(Cl)cc2)CC1.I. The number of amides is 1. The Morgan fingerprint density at radius 2 is 1.86 bits per heavy atom. The number of anilines is 1. The maximum Gasteiger partial charge on any atom is 0.242 e. The van der Waals surface area contributed by atoms with Gasteiger partial charge >= 0.3 is 0 Å². The van der Waals surface area contributed by atoms with E-state index in [0.717, 1.165) is 23.8 Å². The van der Waals surface area contributed by atoms with E-state index < -0.39 is 0 Å². The Hall–Kier alpha value is -1.22. The lowest BCUT2D eigenvalue weighted by atomic mass is 10.2. The molecule has 0 radical (unpaired) electrons. The van der Waals surface area contributed by atoms with Crippen LogP contribution in [0.5, 0.6) is 0 Å². The minimum Gasteiger partial charge on any atom is -0.370 e. The summed E-state index contributed by atoms with van der Waals surface area (Å²) < 4.78 is 0. The normalized spacial score (nSPS) is 15.3. The molecule has 0 atom stereocenters. The highest BCUT2D eigenvalue weighted by Crippen LogP contribution is 2.19. The zero-order valence-electron chi connectivity index (χ0n) is 12.5. The van der Waals surface area contributed by atoms with Crippen molar-refractivity contribution in [3.63, 3.8) is 0 Å². The molecule has 1 saturated heterocycles. The van der Waals surface area contributed by atoms with E-state index >= 15 is 0 Å². The molecule has 3 N–H and O–H groups in total. The van der Waals surface area contributed by atoms with Crippen LogP contribution in [0.3, 0.4) is 0 Å². The average molecular weight is 438 g/mol. The van der Waals surface area contributed by atoms with Gasteiger partial charge in [-0.15, -0.1) is 24.0 Å². The fourth-order valence-electron chi connectivity index (χ4n) is 2.22. The van der Waals surface area contributed by atoms with Crippen molar-refractivity contribution in [3.05, 3.63) is 29.3 Å². The molecule has 0 aliphatic carbocycles. The van der Waals surface area contributed by atoms with Crippen molar-refractivity contribution in [2.75, 3.05) is 44.7 Å². The summed E-state index contributed by atoms with van der Waals surface area (Å²) in [5.41, 5.74) is 6.64. The lowest BCUT2D eigenvalue weighted by molar-refractivity contribution is -0.130. The first-order valence-electron chi connectivity index (χ1n) is 6.84. The summed E-state index contributed by atoms with van der Waals surface area (Å²) in [6.07, 6.45) is 0. The Morgan fingerprint density at radius 1 is 1.27 bits per heavy atom. The maximum atomic E-state index is 12.0. The number of hydrogen-bond acceptors (Lipinski definition) is 3. The summed E-state index contributed by atoms with van der Waals surface area (Å²) in [6.45, 7) is 3.21. The molecule has 0 spiro atoms. The Morgan fingerprint density at radius 3 is 2.41 bits per heavy atom. The molecular weight excluding hydrogens is 417 g/mol. The first-order valence-corrected chi connectivity index (χ1v) is 7.22. The molecule has 0 saturated carbocycles. The van der Waals surface area contributed by atoms with Gasteiger partial charge in [0, 0.05) is 43.9 Å². The quantitative estimate of drug-likeness (QED) is 0.423. The zero-order valence-corrected chi connectivity index (χ0v) is 15.5. The third kappa shape index (κ3) is 5.20. The Kier molecular flexibility index (Phi) is 7.74. The van der Waals surface area contributed by atoms with Gasteiger partial charge in [-0.25, -0.2) is 0 Å². The van der Waals surface area contributed by atoms with Gasteiger partial charge in [-0.2, -0.15) is 0 Å². The van der Waals surface area contributed by atoms with E-state index in [1.165, 1.54) is 0 Å². The molecule has 1 amide bonds. The number of guanidine groups is 1. The fourth-order valence-corrected chi connectivity index (χ4v) is 2.35. The first kappa shape index (κ1) is 18.8. The third-order valence-electron chi connectivity index (χ3n) is 3.49. The van der Waals surface area contributed by atoms with Crippen LogP contribution in [0.4, 0.5) is 5.69 Å². The minimum atomic E-state index is 0. The predicted octanol–water partition coefficient (Wildman–Crippen LogP) is 1.14. The fraction of sp³-hybridized carbons (Fsp3) is 0.429. The van der Waals surface area contributed by atoms with E-state index in [1.54, 1.807) is 7.05 Å². The Labute approximate surface area is 152 Å². The van der Waals surface area contributed by atoms with Crippen molar-refractivity contribution < 1.29 is 4.79 Å². The van der Waals surface area contributed by atoms with Gasteiger partial charge < -0.3 is 20.9 Å². The van der Waals surface area contributed by atoms with Crippen LogP contribution in [0, 0.1) is 0 Å². The number of carbonyl (C=O) groups excluding carboxylic acids is 1. The monoisotopic (exact) mass is 437 g/mol. The molecule has 1 aliphatic rings. The summed E-state index contributed by atoms with van der Waals surface area (Å²) in [7, 11) is 1.58. The van der Waals surface area contributed by atoms with Gasteiger partial charge in [0.25, 0.3) is 0 Å². The van der Waals surface area contributed by atoms with Crippen LogP contribution in [0.25, 0.3) is 0 Å². The Balaban J connectivity index is 0.00000242. The summed E-state index contributed by atoms with van der Waals surface area (Å²) in [5.74, 6) is 0.320. The lowest BCUT2D eigenvalue weighted by Gasteiger charge is -2.36. The maximum absolute atomic E-state index is 12.0. The number of halogens is 2. The highest BCUT2D eigenvalue weighted by molar-refractivity contribution is 14.0. The van der Waals surface area contributed by atoms with Crippen LogP contribution in [0.2, 0.25) is 5.02 Å². The molecule has 0 bridgehead atoms. The van der Waals surface area contributed by atoms with Gasteiger partial charge in [-0.1, -0.05) is 11.6 Å². The number of carbonyl (C=O) groups is 1. The van der Waals surface area contributed by atoms with Crippen molar-refractivity contribution in [2.24, 2.45) is 10.7 Å². The molecule has 6 nitrogen and oxygen atoms in total. The summed E-state index contributed by atoms with van der Waals surface area (Å²) in [4.78, 5) is 19.9. The van der Waals surface area contributed by atoms with E-state index in [2.05, 4.69) is 15.2 Å². The van der Waals surface area contributed by atoms with Crippen LogP contribution in [-0.4, -0.2) is 56.5 Å². The number of nitrogens with one attached hydrogen (secondary N) is 1. The van der Waals surface area contributed by atoms with Crippen molar-refractivity contribution in [1.82, 2.24) is 10.2 Å². The van der Waals surface area contributed by atoms with E-state index in [4.69, 9.17) is 17.3 Å². The molecule has 1 aromatic rings. The molecule has 1 aromatic carbocycles. The Bertz CT molecular complexity index is 514. The molecule has 1 fully saturated rings. The average Bonchev–Trinajstić information content (AvgIpc) is 2.53. The molecule has 2 rings (SSSR count). The number of nitrogens with zero attached hydrogens (tertiary/aromatic N) is 3. The predicted molar refractivity (Wildman–Crippen MR) is 101 cm³/mol. The summed E-state index contributed by atoms with van der Waals surface area (Å²) in [6, 6.07) is 7.76. The van der Waals surface area contributed by atoms with Crippen LogP contribution in [0.15, 0.2) is 29.3 Å². The molecule has 8 heteroatoms. The lowest BCUT2D eigenvalue weighted by Crippen LogP contribution is -2.51. The van der Waals surface area contributed by atoms with Gasteiger partial charge in [0.2, 0.25) is 5.91 Å². The third-order valence-corrected chi connectivity index (χ3v) is 3.74. The molecule has 122 valence electrons. The van der Waals surface area contributed by atoms with E-state index in [9.17, 15) is 4.79 Å². The van der Waals surface area contributed by atoms with Crippen LogP contribution >= 0.6 is 35.6 Å². The molecular formula is C14H21ClIN5O. The van der Waals surface area contributed by atoms with Crippen molar-refractivity contribution in [3.8, 4) is 0 Å². The van der Waals surface area contributed by atoms with Gasteiger partial charge in [0.05, 0.1) is 6.54 Å². The second-order valence-electron chi connectivity index (χ2n) is 4.81. The molecule has 1 heterocycles. The number of rotatable bonds is 3. The number of piperazine rings is 1. The van der Waals surface area contributed by atoms with E-state index in [0.29, 0.717) is 13.1 Å². The number of hydrogen-bond donors (Lipinski definition) is 2. The summed E-state index contributed by atoms with van der Waals surface area (Å²) in [5, 5.41) is 3.52. The zero-order chi connectivity index (χ0) is 15.2. The van der Waals surface area contributed by atoms with Crippen LogP contribution in [0.1, 0.15) is 0 Å². The second kappa shape index (κ2) is 9.04. The number of aliphatic imine (C=N–C) groups is 1. The highest BCUT2D eigenvalue weighted by Gasteiger charge is 2.21. The molecule has 22 heavy (non-hydrogen) atoms. The first-order chi connectivity index (χ1) is 10.1. The van der Waals surface area contributed by atoms with Crippen molar-refractivity contribution in [2.45, 2.75) is 0 Å². The highest BCUT2D eigenvalue weighted by atomic mass is 127. The van der Waals surface area contributed by atoms with Gasteiger partial charge in [0.1, 0.15) is 0 Å². The van der Waals surface area contributed by atoms with E-state index in [-0.39, 0.29) is 42.4 Å². The van der Waals surface area contributed by atoms with E-state index in [1.807, 2.05) is 29.2 Å². The van der Waals surface area contributed by atoms with Crippen LogP contribution in [-0.2, 0) is 4.79 Å². The molecule has 0 unspecified atom stereocenters. The molecule has 1 aliphatic heterocycles. The molecule has 0 aromatic heterocycles. The second-order valence-corrected chi connectivity index (χ2v) is 5.24. The summed E-state index contributed by atoms with van der Waals surface area (Å²) >= 11 is 5.89. The standard InChI is InChI=1S/C14H20ClN5O.HI/c1-17-14(16)18-10-13(21)20-8-6-19(7-9-20)12-4-2-11(15)3-5-12;/h2-5H,6-10H2,1H3,(H3,16,17,18);1H. The topological polar surface area (TPSA) is 74.0 Å². The smallest absolute Gasteiger partial charge is 0.242 e. The van der Waals surface area contributed by atoms with Gasteiger partial charge in [-0.05, 0) is 24.3 Å². The van der Waals surface area contributed by atoms with Gasteiger partial charge in [-0.3, -0.25) is 9.79 Å². The number of benzene rings is 1.